The highest BCUT2D eigenvalue weighted by Crippen LogP contribution is 2.19. The fourth-order valence-corrected chi connectivity index (χ4v) is 2.67. The summed E-state index contributed by atoms with van der Waals surface area (Å²) in [5.41, 5.74) is 1.54. The van der Waals surface area contributed by atoms with Crippen LogP contribution in [0, 0.1) is 0 Å². The van der Waals surface area contributed by atoms with Crippen molar-refractivity contribution in [1.29, 1.82) is 0 Å². The zero-order chi connectivity index (χ0) is 17.2. The number of benzene rings is 2. The second-order valence-corrected chi connectivity index (χ2v) is 6.46. The predicted octanol–water partition coefficient (Wildman–Crippen LogP) is 2.74. The van der Waals surface area contributed by atoms with Crippen LogP contribution in [0.1, 0.15) is 30.0 Å². The molecule has 0 atom stereocenters. The molecule has 0 spiro atoms. The molecule has 0 fully saturated rings. The number of aliphatic hydroxyl groups is 1. The standard InChI is InChI=1S/C19H21N3O2/c1-19(2,24)13-22-16-11-7-6-10-15(16)21-17(22)12-20-18(23)14-8-4-3-5-9-14/h3-11,24H,12-13H2,1-2H3,(H,20,23). The van der Waals surface area contributed by atoms with Crippen LogP contribution in [0.5, 0.6) is 0 Å². The molecule has 1 heterocycles. The third-order valence-electron chi connectivity index (χ3n) is 3.72. The number of hydrogen-bond donors (Lipinski definition) is 2. The minimum atomic E-state index is -0.873. The van der Waals surface area contributed by atoms with E-state index in [4.69, 9.17) is 0 Å². The van der Waals surface area contributed by atoms with Crippen molar-refractivity contribution in [3.8, 4) is 0 Å². The quantitative estimate of drug-likeness (QED) is 0.759. The molecule has 0 aliphatic rings. The first-order chi connectivity index (χ1) is 11.4. The summed E-state index contributed by atoms with van der Waals surface area (Å²) in [6.07, 6.45) is 0. The van der Waals surface area contributed by atoms with Gasteiger partial charge in [-0.25, -0.2) is 4.98 Å². The van der Waals surface area contributed by atoms with Crippen molar-refractivity contribution in [2.24, 2.45) is 0 Å². The zero-order valence-electron chi connectivity index (χ0n) is 13.9. The monoisotopic (exact) mass is 323 g/mol. The number of rotatable bonds is 5. The van der Waals surface area contributed by atoms with Crippen LogP contribution in [0.15, 0.2) is 54.6 Å². The number of amides is 1. The number of aromatic nitrogens is 2. The van der Waals surface area contributed by atoms with Gasteiger partial charge in [0.2, 0.25) is 0 Å². The van der Waals surface area contributed by atoms with E-state index in [0.29, 0.717) is 18.7 Å². The zero-order valence-corrected chi connectivity index (χ0v) is 13.9. The second-order valence-electron chi connectivity index (χ2n) is 6.46. The van der Waals surface area contributed by atoms with Crippen molar-refractivity contribution in [2.75, 3.05) is 0 Å². The average Bonchev–Trinajstić information content (AvgIpc) is 2.90. The summed E-state index contributed by atoms with van der Waals surface area (Å²) in [6.45, 7) is 4.23. The summed E-state index contributed by atoms with van der Waals surface area (Å²) in [6, 6.07) is 16.9. The van der Waals surface area contributed by atoms with E-state index in [1.165, 1.54) is 0 Å². The topological polar surface area (TPSA) is 67.2 Å². The van der Waals surface area contributed by atoms with Gasteiger partial charge >= 0.3 is 0 Å². The number of nitrogens with zero attached hydrogens (tertiary/aromatic N) is 2. The molecule has 5 heteroatoms. The Bertz CT molecular complexity index is 848. The number of hydrogen-bond acceptors (Lipinski definition) is 3. The van der Waals surface area contributed by atoms with Gasteiger partial charge in [0.1, 0.15) is 5.82 Å². The molecule has 0 radical (unpaired) electrons. The minimum absolute atomic E-state index is 0.141. The molecule has 124 valence electrons. The van der Waals surface area contributed by atoms with Gasteiger partial charge in [0.15, 0.2) is 0 Å². The Kier molecular flexibility index (Phi) is 4.36. The number of para-hydroxylation sites is 2. The molecule has 0 saturated carbocycles. The Morgan fingerprint density at radius 2 is 1.79 bits per heavy atom. The lowest BCUT2D eigenvalue weighted by molar-refractivity contribution is 0.0617. The van der Waals surface area contributed by atoms with Crippen molar-refractivity contribution < 1.29 is 9.90 Å². The molecule has 2 aromatic carbocycles. The van der Waals surface area contributed by atoms with E-state index in [2.05, 4.69) is 10.3 Å². The number of carbonyl (C=O) groups excluding carboxylic acids is 1. The summed E-state index contributed by atoms with van der Waals surface area (Å²) in [7, 11) is 0. The maximum atomic E-state index is 12.2. The molecule has 0 bridgehead atoms. The maximum absolute atomic E-state index is 12.2. The van der Waals surface area contributed by atoms with Crippen LogP contribution in [-0.2, 0) is 13.1 Å². The molecule has 2 N–H and O–H groups in total. The minimum Gasteiger partial charge on any atom is -0.389 e. The van der Waals surface area contributed by atoms with Crippen molar-refractivity contribution in [1.82, 2.24) is 14.9 Å². The first-order valence-corrected chi connectivity index (χ1v) is 7.94. The molecule has 0 unspecified atom stereocenters. The van der Waals surface area contributed by atoms with E-state index in [9.17, 15) is 9.90 Å². The van der Waals surface area contributed by atoms with Crippen molar-refractivity contribution in [2.45, 2.75) is 32.5 Å². The number of imidazole rings is 1. The molecule has 1 amide bonds. The molecule has 0 aliphatic heterocycles. The Morgan fingerprint density at radius 3 is 2.50 bits per heavy atom. The van der Waals surface area contributed by atoms with Crippen LogP contribution in [0.2, 0.25) is 0 Å². The van der Waals surface area contributed by atoms with E-state index in [1.54, 1.807) is 26.0 Å². The highest BCUT2D eigenvalue weighted by atomic mass is 16.3. The molecule has 24 heavy (non-hydrogen) atoms. The SMILES string of the molecule is CC(C)(O)Cn1c(CNC(=O)c2ccccc2)nc2ccccc21. The fraction of sp³-hybridized carbons (Fsp3) is 0.263. The average molecular weight is 323 g/mol. The van der Waals surface area contributed by atoms with Crippen molar-refractivity contribution in [3.63, 3.8) is 0 Å². The largest absolute Gasteiger partial charge is 0.389 e. The number of fused-ring (bicyclic) bond motifs is 1. The first kappa shape index (κ1) is 16.2. The number of nitrogens with one attached hydrogen (secondary N) is 1. The molecule has 0 saturated heterocycles. The van der Waals surface area contributed by atoms with Crippen LogP contribution < -0.4 is 5.32 Å². The lowest BCUT2D eigenvalue weighted by atomic mass is 10.1. The van der Waals surface area contributed by atoms with Crippen molar-refractivity contribution in [3.05, 3.63) is 66.0 Å². The molecule has 0 aliphatic carbocycles. The Labute approximate surface area is 141 Å². The summed E-state index contributed by atoms with van der Waals surface area (Å²) in [5.74, 6) is 0.583. The van der Waals surface area contributed by atoms with E-state index in [0.717, 1.165) is 16.9 Å². The van der Waals surface area contributed by atoms with Crippen LogP contribution in [0.3, 0.4) is 0 Å². The Morgan fingerprint density at radius 1 is 1.12 bits per heavy atom. The van der Waals surface area contributed by atoms with Gasteiger partial charge in [0.25, 0.3) is 5.91 Å². The third kappa shape index (κ3) is 3.63. The van der Waals surface area contributed by atoms with Gasteiger partial charge in [-0.15, -0.1) is 0 Å². The van der Waals surface area contributed by atoms with Crippen LogP contribution >= 0.6 is 0 Å². The Balaban J connectivity index is 1.86. The smallest absolute Gasteiger partial charge is 0.251 e. The molecule has 5 nitrogen and oxygen atoms in total. The maximum Gasteiger partial charge on any atom is 0.251 e. The second kappa shape index (κ2) is 6.45. The van der Waals surface area contributed by atoms with Crippen LogP contribution in [-0.4, -0.2) is 26.2 Å². The first-order valence-electron chi connectivity index (χ1n) is 7.94. The van der Waals surface area contributed by atoms with Gasteiger partial charge in [-0.3, -0.25) is 4.79 Å². The van der Waals surface area contributed by atoms with E-state index < -0.39 is 5.60 Å². The normalized spacial score (nSPS) is 11.6. The van der Waals surface area contributed by atoms with Gasteiger partial charge in [-0.1, -0.05) is 30.3 Å². The molecular formula is C19H21N3O2. The van der Waals surface area contributed by atoms with Gasteiger partial charge in [-0.05, 0) is 38.1 Å². The van der Waals surface area contributed by atoms with Crippen LogP contribution in [0.25, 0.3) is 11.0 Å². The molecule has 3 aromatic rings. The van der Waals surface area contributed by atoms with E-state index >= 15 is 0 Å². The highest BCUT2D eigenvalue weighted by Gasteiger charge is 2.19. The van der Waals surface area contributed by atoms with Gasteiger partial charge in [0.05, 0.1) is 29.7 Å². The molecule has 3 rings (SSSR count). The number of carbonyl (C=O) groups is 1. The van der Waals surface area contributed by atoms with Crippen molar-refractivity contribution >= 4 is 16.9 Å². The van der Waals surface area contributed by atoms with Gasteiger partial charge in [0, 0.05) is 5.56 Å². The third-order valence-corrected chi connectivity index (χ3v) is 3.72. The predicted molar refractivity (Wildman–Crippen MR) is 93.6 cm³/mol. The van der Waals surface area contributed by atoms with Gasteiger partial charge in [-0.2, -0.15) is 0 Å². The molecule has 1 aromatic heterocycles. The van der Waals surface area contributed by atoms with Gasteiger partial charge < -0.3 is 15.0 Å². The van der Waals surface area contributed by atoms with Crippen LogP contribution in [0.4, 0.5) is 0 Å². The molecular weight excluding hydrogens is 302 g/mol. The summed E-state index contributed by atoms with van der Waals surface area (Å²) < 4.78 is 1.96. The van der Waals surface area contributed by atoms with E-state index in [1.807, 2.05) is 47.0 Å². The van der Waals surface area contributed by atoms with E-state index in [-0.39, 0.29) is 5.91 Å². The lowest BCUT2D eigenvalue weighted by Gasteiger charge is -2.20. The lowest BCUT2D eigenvalue weighted by Crippen LogP contribution is -2.29. The summed E-state index contributed by atoms with van der Waals surface area (Å²) in [5, 5.41) is 13.1. The summed E-state index contributed by atoms with van der Waals surface area (Å²) in [4.78, 5) is 16.8. The Hall–Kier alpha value is -2.66. The fourth-order valence-electron chi connectivity index (χ4n) is 2.67. The summed E-state index contributed by atoms with van der Waals surface area (Å²) >= 11 is 0. The highest BCUT2D eigenvalue weighted by molar-refractivity contribution is 5.94.